The normalized spacial score (nSPS) is 10.5. The van der Waals surface area contributed by atoms with Gasteiger partial charge in [0.15, 0.2) is 0 Å². The molecule has 22 heavy (non-hydrogen) atoms. The first-order valence-electron chi connectivity index (χ1n) is 6.43. The number of benzene rings is 2. The summed E-state index contributed by atoms with van der Waals surface area (Å²) in [6.07, 6.45) is 0. The van der Waals surface area contributed by atoms with E-state index in [9.17, 15) is 4.79 Å². The molecule has 0 saturated heterocycles. The van der Waals surface area contributed by atoms with Crippen LogP contribution in [0.4, 0.5) is 11.6 Å². The van der Waals surface area contributed by atoms with Gasteiger partial charge in [-0.15, -0.1) is 0 Å². The van der Waals surface area contributed by atoms with Crippen LogP contribution in [-0.2, 0) is 0 Å². The van der Waals surface area contributed by atoms with Crippen LogP contribution < -0.4 is 14.9 Å². The van der Waals surface area contributed by atoms with Crippen molar-refractivity contribution in [1.82, 2.24) is 8.94 Å². The highest BCUT2D eigenvalue weighted by atomic mass is 35.5. The summed E-state index contributed by atoms with van der Waals surface area (Å²) in [5.74, 6) is 1.17. The smallest absolute Gasteiger partial charge is 0.332 e. The molecule has 0 aliphatic rings. The molecule has 5 nitrogen and oxygen atoms in total. The largest absolute Gasteiger partial charge is 0.497 e. The van der Waals surface area contributed by atoms with Crippen LogP contribution in [0.5, 0.6) is 5.75 Å². The molecule has 1 aromatic heterocycles. The molecular formula is C15H12ClN3O2S. The van der Waals surface area contributed by atoms with Crippen molar-refractivity contribution < 1.29 is 4.74 Å². The Kier molecular flexibility index (Phi) is 4.13. The van der Waals surface area contributed by atoms with Crippen molar-refractivity contribution >= 4 is 34.8 Å². The summed E-state index contributed by atoms with van der Waals surface area (Å²) in [6.45, 7) is 0. The van der Waals surface area contributed by atoms with Gasteiger partial charge >= 0.3 is 4.87 Å². The Hall–Kier alpha value is -2.31. The molecule has 7 heteroatoms. The number of hydrogen-bond donors (Lipinski definition) is 1. The molecular weight excluding hydrogens is 322 g/mol. The van der Waals surface area contributed by atoms with Gasteiger partial charge in [-0.3, -0.25) is 4.79 Å². The molecule has 0 aliphatic carbocycles. The summed E-state index contributed by atoms with van der Waals surface area (Å²) in [5.41, 5.74) is 1.48. The molecule has 2 aromatic carbocycles. The van der Waals surface area contributed by atoms with Crippen molar-refractivity contribution in [2.75, 3.05) is 12.4 Å². The summed E-state index contributed by atoms with van der Waals surface area (Å²) in [6, 6.07) is 14.4. The van der Waals surface area contributed by atoms with Gasteiger partial charge in [0.1, 0.15) is 5.75 Å². The molecule has 0 spiro atoms. The number of nitrogens with zero attached hydrogens (tertiary/aromatic N) is 2. The predicted molar refractivity (Wildman–Crippen MR) is 89.0 cm³/mol. The molecule has 1 heterocycles. The van der Waals surface area contributed by atoms with E-state index in [1.54, 1.807) is 43.5 Å². The summed E-state index contributed by atoms with van der Waals surface area (Å²) in [7, 11) is 1.60. The second kappa shape index (κ2) is 6.21. The third-order valence-electron chi connectivity index (χ3n) is 3.02. The SMILES string of the molecule is COc1ccc(-n2c(Nc3cccc(Cl)c3)nsc2=O)cc1. The van der Waals surface area contributed by atoms with E-state index in [0.29, 0.717) is 16.7 Å². The second-order valence-electron chi connectivity index (χ2n) is 4.44. The number of methoxy groups -OCH3 is 1. The van der Waals surface area contributed by atoms with Crippen LogP contribution in [0.25, 0.3) is 5.69 Å². The summed E-state index contributed by atoms with van der Waals surface area (Å²) in [4.78, 5) is 11.9. The number of aromatic nitrogens is 2. The average Bonchev–Trinajstić information content (AvgIpc) is 2.88. The van der Waals surface area contributed by atoms with Crippen LogP contribution in [0.15, 0.2) is 53.3 Å². The molecule has 1 N–H and O–H groups in total. The lowest BCUT2D eigenvalue weighted by atomic mass is 10.3. The molecule has 0 aliphatic heterocycles. The number of hydrogen-bond acceptors (Lipinski definition) is 5. The maximum absolute atomic E-state index is 12.1. The summed E-state index contributed by atoms with van der Waals surface area (Å²) < 4.78 is 10.8. The van der Waals surface area contributed by atoms with Gasteiger partial charge in [0.2, 0.25) is 5.95 Å². The lowest BCUT2D eigenvalue weighted by Gasteiger charge is -2.09. The molecule has 3 rings (SSSR count). The summed E-state index contributed by atoms with van der Waals surface area (Å²) >= 11 is 6.86. The van der Waals surface area contributed by atoms with E-state index < -0.39 is 0 Å². The number of halogens is 1. The van der Waals surface area contributed by atoms with Gasteiger partial charge < -0.3 is 10.1 Å². The molecule has 0 saturated carbocycles. The molecule has 0 radical (unpaired) electrons. The maximum atomic E-state index is 12.1. The van der Waals surface area contributed by atoms with E-state index in [4.69, 9.17) is 16.3 Å². The predicted octanol–water partition coefficient (Wildman–Crippen LogP) is 3.70. The Morgan fingerprint density at radius 1 is 1.23 bits per heavy atom. The van der Waals surface area contributed by atoms with Crippen molar-refractivity contribution in [2.45, 2.75) is 0 Å². The van der Waals surface area contributed by atoms with Gasteiger partial charge in [-0.1, -0.05) is 17.7 Å². The van der Waals surface area contributed by atoms with Crippen LogP contribution in [0.1, 0.15) is 0 Å². The fourth-order valence-electron chi connectivity index (χ4n) is 1.98. The quantitative estimate of drug-likeness (QED) is 0.791. The average molecular weight is 334 g/mol. The molecule has 0 bridgehead atoms. The number of ether oxygens (including phenoxy) is 1. The van der Waals surface area contributed by atoms with Gasteiger partial charge in [0.05, 0.1) is 12.8 Å². The van der Waals surface area contributed by atoms with E-state index in [1.807, 2.05) is 12.1 Å². The van der Waals surface area contributed by atoms with Crippen LogP contribution in [0.3, 0.4) is 0 Å². The van der Waals surface area contributed by atoms with Gasteiger partial charge in [0.25, 0.3) is 0 Å². The Labute approximate surface area is 135 Å². The van der Waals surface area contributed by atoms with Crippen molar-refractivity contribution in [3.8, 4) is 11.4 Å². The van der Waals surface area contributed by atoms with E-state index in [-0.39, 0.29) is 4.87 Å². The fraction of sp³-hybridized carbons (Fsp3) is 0.0667. The van der Waals surface area contributed by atoms with Crippen molar-refractivity contribution in [3.63, 3.8) is 0 Å². The number of nitrogens with one attached hydrogen (secondary N) is 1. The third-order valence-corrected chi connectivity index (χ3v) is 3.85. The van der Waals surface area contributed by atoms with E-state index in [0.717, 1.165) is 23.0 Å². The number of anilines is 2. The van der Waals surface area contributed by atoms with Crippen LogP contribution in [0.2, 0.25) is 5.02 Å². The maximum Gasteiger partial charge on any atom is 0.332 e. The lowest BCUT2D eigenvalue weighted by molar-refractivity contribution is 0.414. The zero-order valence-electron chi connectivity index (χ0n) is 11.6. The van der Waals surface area contributed by atoms with Crippen molar-refractivity contribution in [2.24, 2.45) is 0 Å². The monoisotopic (exact) mass is 333 g/mol. The fourth-order valence-corrected chi connectivity index (χ4v) is 2.74. The van der Waals surface area contributed by atoms with Gasteiger partial charge in [0, 0.05) is 22.2 Å². The highest BCUT2D eigenvalue weighted by Gasteiger charge is 2.11. The molecule has 3 aromatic rings. The summed E-state index contributed by atoms with van der Waals surface area (Å²) in [5, 5.41) is 3.72. The van der Waals surface area contributed by atoms with Gasteiger partial charge in [-0.25, -0.2) is 4.57 Å². The zero-order chi connectivity index (χ0) is 15.5. The minimum Gasteiger partial charge on any atom is -0.497 e. The standard InChI is InChI=1S/C15H12ClN3O2S/c1-21-13-7-5-12(6-8-13)19-14(18-22-15(19)20)17-11-4-2-3-10(16)9-11/h2-9H,1H3,(H,17,18). The molecule has 0 atom stereocenters. The third kappa shape index (κ3) is 2.98. The van der Waals surface area contributed by atoms with E-state index >= 15 is 0 Å². The van der Waals surface area contributed by atoms with E-state index in [1.165, 1.54) is 4.57 Å². The Morgan fingerprint density at radius 3 is 2.68 bits per heavy atom. The number of rotatable bonds is 4. The second-order valence-corrected chi connectivity index (χ2v) is 5.59. The first-order chi connectivity index (χ1) is 10.7. The topological polar surface area (TPSA) is 56.1 Å². The molecule has 0 fully saturated rings. The lowest BCUT2D eigenvalue weighted by Crippen LogP contribution is -2.13. The highest BCUT2D eigenvalue weighted by Crippen LogP contribution is 2.22. The molecule has 112 valence electrons. The minimum atomic E-state index is -0.172. The van der Waals surface area contributed by atoms with E-state index in [2.05, 4.69) is 9.69 Å². The Balaban J connectivity index is 1.98. The van der Waals surface area contributed by atoms with Crippen LogP contribution in [-0.4, -0.2) is 16.1 Å². The van der Waals surface area contributed by atoms with Crippen molar-refractivity contribution in [1.29, 1.82) is 0 Å². The zero-order valence-corrected chi connectivity index (χ0v) is 13.2. The minimum absolute atomic E-state index is 0.172. The molecule has 0 amide bonds. The Morgan fingerprint density at radius 2 is 2.00 bits per heavy atom. The van der Waals surface area contributed by atoms with Crippen molar-refractivity contribution in [3.05, 3.63) is 63.2 Å². The van der Waals surface area contributed by atoms with Crippen LogP contribution >= 0.6 is 23.1 Å². The highest BCUT2D eigenvalue weighted by molar-refractivity contribution is 7.03. The first kappa shape index (κ1) is 14.6. The molecule has 0 unspecified atom stereocenters. The van der Waals surface area contributed by atoms with Gasteiger partial charge in [-0.2, -0.15) is 4.37 Å². The Bertz CT molecular complexity index is 842. The van der Waals surface area contributed by atoms with Gasteiger partial charge in [-0.05, 0) is 42.5 Å². The van der Waals surface area contributed by atoms with Crippen LogP contribution in [0, 0.1) is 0 Å². The first-order valence-corrected chi connectivity index (χ1v) is 7.58.